The van der Waals surface area contributed by atoms with Crippen LogP contribution in [0, 0.1) is 5.92 Å². The van der Waals surface area contributed by atoms with Crippen molar-refractivity contribution >= 4 is 63.3 Å². The lowest BCUT2D eigenvalue weighted by Gasteiger charge is -2.46. The number of rotatable bonds is 13. The second-order valence-corrected chi connectivity index (χ2v) is 22.3. The van der Waals surface area contributed by atoms with Gasteiger partial charge >= 0.3 is 6.85 Å². The molecule has 1 fully saturated rings. The van der Waals surface area contributed by atoms with E-state index in [2.05, 4.69) is 319 Å². The quantitative estimate of drug-likeness (QED) is 0.107. The lowest BCUT2D eigenvalue weighted by Crippen LogP contribution is -2.61. The molecule has 0 spiro atoms. The highest BCUT2D eigenvalue weighted by molar-refractivity contribution is 6.93. The molecule has 2 atom stereocenters. The van der Waals surface area contributed by atoms with Gasteiger partial charge in [-0.05, 0) is 175 Å². The van der Waals surface area contributed by atoms with Gasteiger partial charge in [0.25, 0.3) is 0 Å². The minimum atomic E-state index is -0.156. The largest absolute Gasteiger partial charge is 0.376 e. The van der Waals surface area contributed by atoms with Gasteiger partial charge in [-0.1, -0.05) is 238 Å². The fourth-order valence-electron chi connectivity index (χ4n) is 13.2. The van der Waals surface area contributed by atoms with Crippen molar-refractivity contribution < 1.29 is 0 Å². The van der Waals surface area contributed by atoms with Crippen LogP contribution >= 0.6 is 0 Å². The minimum Gasteiger partial charge on any atom is -0.376 e. The summed E-state index contributed by atoms with van der Waals surface area (Å²) in [5.41, 5.74) is 27.8. The zero-order valence-corrected chi connectivity index (χ0v) is 46.0. The Morgan fingerprint density at radius 3 is 1.27 bits per heavy atom. The molecule has 2 heterocycles. The molecule has 0 N–H and O–H groups in total. The van der Waals surface area contributed by atoms with E-state index in [0.29, 0.717) is 11.8 Å². The van der Waals surface area contributed by atoms with Gasteiger partial charge in [0.05, 0.1) is 0 Å². The Labute approximate surface area is 482 Å². The van der Waals surface area contributed by atoms with Crippen LogP contribution in [0.4, 0.5) is 45.5 Å². The molecule has 1 saturated carbocycles. The highest BCUT2D eigenvalue weighted by atomic mass is 15.2. The average molecular weight is 1050 g/mol. The van der Waals surface area contributed by atoms with Crippen LogP contribution in [0.2, 0.25) is 0 Å². The van der Waals surface area contributed by atoms with Crippen LogP contribution < -0.4 is 25.5 Å². The van der Waals surface area contributed by atoms with Gasteiger partial charge in [-0.3, -0.25) is 0 Å². The summed E-state index contributed by atoms with van der Waals surface area (Å²) in [7, 11) is 0. The molecule has 2 unspecified atom stereocenters. The molecule has 0 saturated heterocycles. The number of nitrogens with zero attached hydrogens (tertiary/aromatic N) is 3. The normalized spacial score (nSPS) is 14.6. The molecule has 12 aromatic carbocycles. The van der Waals surface area contributed by atoms with E-state index >= 15 is 0 Å². The van der Waals surface area contributed by atoms with Gasteiger partial charge in [-0.15, -0.1) is 0 Å². The molecule has 0 bridgehead atoms. The lowest BCUT2D eigenvalue weighted by molar-refractivity contribution is 0.687. The van der Waals surface area contributed by atoms with Crippen LogP contribution in [0.25, 0.3) is 66.8 Å². The summed E-state index contributed by atoms with van der Waals surface area (Å²) in [4.78, 5) is 7.70. The Balaban J connectivity index is 0.976. The molecule has 12 aromatic rings. The van der Waals surface area contributed by atoms with E-state index in [1.54, 1.807) is 0 Å². The van der Waals surface area contributed by atoms with Crippen LogP contribution in [0.3, 0.4) is 0 Å². The molecule has 2 aliphatic heterocycles. The van der Waals surface area contributed by atoms with Crippen molar-refractivity contribution in [3.8, 4) is 66.8 Å². The van der Waals surface area contributed by atoms with Gasteiger partial charge in [-0.2, -0.15) is 0 Å². The molecule has 0 aromatic heterocycles. The first kappa shape index (κ1) is 49.2. The van der Waals surface area contributed by atoms with Gasteiger partial charge in [-0.25, -0.2) is 0 Å². The van der Waals surface area contributed by atoms with Crippen molar-refractivity contribution in [1.29, 1.82) is 0 Å². The first-order valence-electron chi connectivity index (χ1n) is 29.1. The van der Waals surface area contributed by atoms with Gasteiger partial charge in [0, 0.05) is 51.1 Å². The summed E-state index contributed by atoms with van der Waals surface area (Å²) in [5.74, 6) is 1.18. The Hall–Kier alpha value is -9.90. The molecule has 0 amide bonds. The first-order valence-corrected chi connectivity index (χ1v) is 29.1. The summed E-state index contributed by atoms with van der Waals surface area (Å²) < 4.78 is 0. The maximum atomic E-state index is 2.66. The lowest BCUT2D eigenvalue weighted by atomic mass is 9.43. The van der Waals surface area contributed by atoms with Gasteiger partial charge < -0.3 is 14.6 Å². The number of anilines is 8. The second-order valence-electron chi connectivity index (χ2n) is 22.3. The molecule has 3 nitrogen and oxygen atoms in total. The zero-order chi connectivity index (χ0) is 54.5. The fourth-order valence-corrected chi connectivity index (χ4v) is 13.2. The molecule has 390 valence electrons. The summed E-state index contributed by atoms with van der Waals surface area (Å²) in [6, 6.07) is 110. The Bertz CT molecular complexity index is 4140. The minimum absolute atomic E-state index is 0.156. The van der Waals surface area contributed by atoms with E-state index < -0.39 is 0 Å². The fraction of sp³-hybridized carbons (Fsp3) is 0.0769. The standard InChI is InChI=1S/C78H60BN3/c1-2-18-64-49-71(64)65-50-73-72-53-70(80(66-38-29-59(30-39-66)54-19-8-3-9-20-54)67-40-31-60(32-41-67)55-21-10-4-11-22-55)46-48-75(72)82(69-44-35-62(36-45-69)57-25-14-6-15-26-57)79-74-51-63(58-27-16-7-17-28-58)37-47-76(74)81(77(52-65)78(73)79)68-42-33-61(34-43-68)56-23-12-5-13-24-56/h3-17,19-48,50-53,64,71H,2,18,49H2,1H3. The van der Waals surface area contributed by atoms with Crippen molar-refractivity contribution in [2.75, 3.05) is 14.6 Å². The second kappa shape index (κ2) is 21.0. The van der Waals surface area contributed by atoms with Crippen molar-refractivity contribution in [2.24, 2.45) is 5.92 Å². The first-order chi connectivity index (χ1) is 40.6. The topological polar surface area (TPSA) is 9.72 Å². The Kier molecular flexibility index (Phi) is 12.6. The summed E-state index contributed by atoms with van der Waals surface area (Å²) >= 11 is 0. The number of hydrogen-bond donors (Lipinski definition) is 0. The van der Waals surface area contributed by atoms with Crippen molar-refractivity contribution in [3.63, 3.8) is 0 Å². The van der Waals surface area contributed by atoms with Crippen molar-refractivity contribution in [3.05, 3.63) is 303 Å². The van der Waals surface area contributed by atoms with E-state index in [0.717, 1.165) is 28.4 Å². The maximum Gasteiger partial charge on any atom is 0.333 e. The molecule has 15 rings (SSSR count). The summed E-state index contributed by atoms with van der Waals surface area (Å²) in [5, 5.41) is 0. The molecule has 0 radical (unpaired) electrons. The molecular weight excluding hydrogens is 990 g/mol. The van der Waals surface area contributed by atoms with E-state index in [1.807, 2.05) is 0 Å². The summed E-state index contributed by atoms with van der Waals surface area (Å²) in [6.45, 7) is 2.18. The molecule has 1 aliphatic carbocycles. The van der Waals surface area contributed by atoms with Crippen LogP contribution in [0.15, 0.2) is 297 Å². The highest BCUT2D eigenvalue weighted by Gasteiger charge is 2.47. The molecule has 82 heavy (non-hydrogen) atoms. The third-order valence-corrected chi connectivity index (χ3v) is 17.4. The number of benzene rings is 12. The summed E-state index contributed by atoms with van der Waals surface area (Å²) in [6.07, 6.45) is 3.65. The van der Waals surface area contributed by atoms with E-state index in [1.165, 1.54) is 120 Å². The highest BCUT2D eigenvalue weighted by Crippen LogP contribution is 2.55. The van der Waals surface area contributed by atoms with E-state index in [-0.39, 0.29) is 6.85 Å². The zero-order valence-electron chi connectivity index (χ0n) is 46.0. The van der Waals surface area contributed by atoms with Crippen LogP contribution in [0.1, 0.15) is 37.7 Å². The average Bonchev–Trinajstić information content (AvgIpc) is 3.64. The Morgan fingerprint density at radius 2 is 0.780 bits per heavy atom. The maximum absolute atomic E-state index is 2.66. The van der Waals surface area contributed by atoms with Crippen LogP contribution in [-0.4, -0.2) is 6.85 Å². The smallest absolute Gasteiger partial charge is 0.333 e. The molecular formula is C78H60BN3. The van der Waals surface area contributed by atoms with Crippen molar-refractivity contribution in [2.45, 2.75) is 32.1 Å². The van der Waals surface area contributed by atoms with E-state index in [4.69, 9.17) is 0 Å². The third kappa shape index (κ3) is 8.98. The number of fused-ring (bicyclic) bond motifs is 4. The third-order valence-electron chi connectivity index (χ3n) is 17.4. The van der Waals surface area contributed by atoms with Crippen LogP contribution in [-0.2, 0) is 0 Å². The SMILES string of the molecule is CCCC1CC1c1cc2c3c(c1)N(c1ccc(-c4ccccc4)cc1)c1ccc(-c4ccccc4)cc1B3N(c1ccc(-c3ccccc3)cc1)c1ccc(N(c3ccc(-c4ccccc4)cc3)c3ccc(-c4ccccc4)cc3)cc1-2. The van der Waals surface area contributed by atoms with E-state index in [9.17, 15) is 0 Å². The Morgan fingerprint density at radius 1 is 0.366 bits per heavy atom. The monoisotopic (exact) mass is 1050 g/mol. The number of hydrogen-bond acceptors (Lipinski definition) is 3. The van der Waals surface area contributed by atoms with Gasteiger partial charge in [0.2, 0.25) is 0 Å². The van der Waals surface area contributed by atoms with Gasteiger partial charge in [0.1, 0.15) is 0 Å². The predicted molar refractivity (Wildman–Crippen MR) is 348 cm³/mol. The predicted octanol–water partition coefficient (Wildman–Crippen LogP) is 20.1. The molecule has 3 aliphatic rings. The molecule has 4 heteroatoms. The van der Waals surface area contributed by atoms with Crippen molar-refractivity contribution in [1.82, 2.24) is 0 Å². The van der Waals surface area contributed by atoms with Gasteiger partial charge in [0.15, 0.2) is 0 Å². The van der Waals surface area contributed by atoms with Crippen LogP contribution in [0.5, 0.6) is 0 Å².